The summed E-state index contributed by atoms with van der Waals surface area (Å²) >= 11 is 1.24. The van der Waals surface area contributed by atoms with Crippen molar-refractivity contribution in [1.82, 2.24) is 0 Å². The lowest BCUT2D eigenvalue weighted by atomic mass is 10.1. The van der Waals surface area contributed by atoms with Gasteiger partial charge in [-0.1, -0.05) is 64.1 Å². The highest BCUT2D eigenvalue weighted by Gasteiger charge is 2.20. The van der Waals surface area contributed by atoms with Crippen molar-refractivity contribution in [3.63, 3.8) is 0 Å². The minimum atomic E-state index is -0.667. The van der Waals surface area contributed by atoms with Crippen LogP contribution in [0, 0.1) is 0 Å². The maximum Gasteiger partial charge on any atom is 0.341 e. The molecule has 0 fully saturated rings. The minimum Gasteiger partial charge on any atom is -0.462 e. The van der Waals surface area contributed by atoms with Gasteiger partial charge in [0.15, 0.2) is 6.61 Å². The zero-order chi connectivity index (χ0) is 25.5. The van der Waals surface area contributed by atoms with Gasteiger partial charge in [0, 0.05) is 10.6 Å². The Morgan fingerprint density at radius 3 is 2.18 bits per heavy atom. The fourth-order valence-corrected chi connectivity index (χ4v) is 3.70. The molecule has 2 aromatic carbocycles. The fraction of sp³-hybridized carbons (Fsp3) is 0.269. The van der Waals surface area contributed by atoms with Crippen molar-refractivity contribution >= 4 is 39.9 Å². The number of amides is 1. The maximum absolute atomic E-state index is 12.3. The molecule has 0 bridgehead atoms. The monoisotopic (exact) mass is 484 g/mol. The third-order valence-corrected chi connectivity index (χ3v) is 5.09. The predicted molar refractivity (Wildman–Crippen MR) is 138 cm³/mol. The number of benzene rings is 2. The van der Waals surface area contributed by atoms with Crippen LogP contribution in [0.2, 0.25) is 0 Å². The molecule has 0 aliphatic rings. The number of carbonyl (C=O) groups excluding carboxylic acids is 3. The second-order valence-electron chi connectivity index (χ2n) is 6.19. The highest BCUT2D eigenvalue weighted by molar-refractivity contribution is 7.20. The number of nitrogens with one attached hydrogen (secondary N) is 1. The molecule has 3 rings (SSSR count). The van der Waals surface area contributed by atoms with Gasteiger partial charge in [-0.05, 0) is 36.8 Å². The Kier molecular flexibility index (Phi) is 12.7. The molecule has 1 heterocycles. The lowest BCUT2D eigenvalue weighted by molar-refractivity contribution is -0.119. The summed E-state index contributed by atoms with van der Waals surface area (Å²) in [6.45, 7) is 9.41. The summed E-state index contributed by atoms with van der Waals surface area (Å²) in [7, 11) is 0. The number of hydrogen-bond acceptors (Lipinski definition) is 7. The van der Waals surface area contributed by atoms with Gasteiger partial charge in [0.1, 0.15) is 5.00 Å². The molecule has 0 unspecified atom stereocenters. The lowest BCUT2D eigenvalue weighted by Gasteiger charge is -2.07. The molecular weight excluding hydrogens is 452 g/mol. The molecule has 0 aliphatic heterocycles. The summed E-state index contributed by atoms with van der Waals surface area (Å²) in [6, 6.07) is 17.4. The van der Waals surface area contributed by atoms with Crippen LogP contribution >= 0.6 is 11.3 Å². The average molecular weight is 485 g/mol. The van der Waals surface area contributed by atoms with Crippen molar-refractivity contribution in [2.24, 2.45) is 0 Å². The first-order chi connectivity index (χ1) is 16.5. The van der Waals surface area contributed by atoms with E-state index in [1.165, 1.54) is 17.4 Å². The number of nitrogens with two attached hydrogens (primary N) is 1. The Bertz CT molecular complexity index is 1060. The quantitative estimate of drug-likeness (QED) is 0.313. The van der Waals surface area contributed by atoms with Gasteiger partial charge >= 0.3 is 11.9 Å². The van der Waals surface area contributed by atoms with E-state index in [2.05, 4.69) is 5.32 Å². The molecule has 0 saturated carbocycles. The van der Waals surface area contributed by atoms with E-state index in [0.29, 0.717) is 10.7 Å². The van der Waals surface area contributed by atoms with Crippen molar-refractivity contribution in [2.75, 3.05) is 24.3 Å². The van der Waals surface area contributed by atoms with Crippen LogP contribution in [-0.4, -0.2) is 31.1 Å². The van der Waals surface area contributed by atoms with E-state index in [9.17, 15) is 14.4 Å². The van der Waals surface area contributed by atoms with Gasteiger partial charge in [0.25, 0.3) is 5.91 Å². The van der Waals surface area contributed by atoms with E-state index in [-0.39, 0.29) is 17.7 Å². The van der Waals surface area contributed by atoms with E-state index in [0.717, 1.165) is 10.4 Å². The zero-order valence-corrected chi connectivity index (χ0v) is 21.0. The molecule has 182 valence electrons. The molecule has 34 heavy (non-hydrogen) atoms. The molecule has 0 atom stereocenters. The van der Waals surface area contributed by atoms with Crippen LogP contribution in [0.3, 0.4) is 0 Å². The van der Waals surface area contributed by atoms with Crippen LogP contribution in [0.25, 0.3) is 10.4 Å². The van der Waals surface area contributed by atoms with E-state index in [1.807, 2.05) is 58.0 Å². The van der Waals surface area contributed by atoms with Crippen molar-refractivity contribution in [1.29, 1.82) is 0 Å². The number of carbonyl (C=O) groups is 3. The number of ether oxygens (including phenoxy) is 2. The van der Waals surface area contributed by atoms with Gasteiger partial charge in [0.2, 0.25) is 0 Å². The van der Waals surface area contributed by atoms with Gasteiger partial charge in [0.05, 0.1) is 17.7 Å². The molecule has 0 spiro atoms. The third kappa shape index (κ3) is 8.37. The predicted octanol–water partition coefficient (Wildman–Crippen LogP) is 6.02. The summed E-state index contributed by atoms with van der Waals surface area (Å²) < 4.78 is 10.1. The molecule has 1 amide bonds. The number of anilines is 2. The highest BCUT2D eigenvalue weighted by Crippen LogP contribution is 2.35. The van der Waals surface area contributed by atoms with Crippen LogP contribution in [0.15, 0.2) is 60.7 Å². The first-order valence-electron chi connectivity index (χ1n) is 11.2. The fourth-order valence-electron chi connectivity index (χ4n) is 2.63. The summed E-state index contributed by atoms with van der Waals surface area (Å²) in [5, 5.41) is 2.97. The third-order valence-electron chi connectivity index (χ3n) is 4.00. The van der Waals surface area contributed by atoms with Crippen molar-refractivity contribution < 1.29 is 23.9 Å². The maximum atomic E-state index is 12.3. The largest absolute Gasteiger partial charge is 0.462 e. The Balaban J connectivity index is 0.00000137. The minimum absolute atomic E-state index is 0.209. The number of hydrogen-bond donors (Lipinski definition) is 2. The van der Waals surface area contributed by atoms with E-state index in [1.54, 1.807) is 31.2 Å². The summed E-state index contributed by atoms with van der Waals surface area (Å²) in [5.74, 6) is -1.78. The van der Waals surface area contributed by atoms with Gasteiger partial charge < -0.3 is 20.5 Å². The van der Waals surface area contributed by atoms with Crippen molar-refractivity contribution in [3.05, 3.63) is 71.8 Å². The summed E-state index contributed by atoms with van der Waals surface area (Å²) in [4.78, 5) is 37.5. The van der Waals surface area contributed by atoms with Crippen LogP contribution in [0.4, 0.5) is 10.7 Å². The first kappa shape index (κ1) is 28.4. The second-order valence-corrected chi connectivity index (χ2v) is 7.24. The first-order valence-corrected chi connectivity index (χ1v) is 12.0. The standard InChI is InChI=1S/C22H20N2O5S.2C2H6/c1-2-28-22(27)17-12-18(14-7-4-3-5-8-14)30-20(17)24-19(25)13-29-21(26)15-9-6-10-16(23)11-15;2*1-2/h3-12H,2,13,23H2,1H3,(H,24,25);2*1-2H3. The van der Waals surface area contributed by atoms with Crippen LogP contribution in [-0.2, 0) is 14.3 Å². The number of nitrogen functional groups attached to an aromatic ring is 1. The summed E-state index contributed by atoms with van der Waals surface area (Å²) in [6.07, 6.45) is 0. The van der Waals surface area contributed by atoms with E-state index >= 15 is 0 Å². The molecule has 3 aromatic rings. The molecule has 0 aliphatic carbocycles. The molecule has 1 aromatic heterocycles. The topological polar surface area (TPSA) is 108 Å². The molecule has 8 heteroatoms. The number of esters is 2. The van der Waals surface area contributed by atoms with Crippen LogP contribution in [0.1, 0.15) is 55.3 Å². The van der Waals surface area contributed by atoms with Crippen molar-refractivity contribution in [2.45, 2.75) is 34.6 Å². The lowest BCUT2D eigenvalue weighted by Crippen LogP contribution is -2.21. The normalized spacial score (nSPS) is 9.44. The molecule has 7 nitrogen and oxygen atoms in total. The van der Waals surface area contributed by atoms with Crippen LogP contribution in [0.5, 0.6) is 0 Å². The van der Waals surface area contributed by atoms with E-state index in [4.69, 9.17) is 15.2 Å². The Labute approximate surface area is 204 Å². The molecule has 3 N–H and O–H groups in total. The Morgan fingerprint density at radius 2 is 1.56 bits per heavy atom. The Hall–Kier alpha value is -3.65. The molecule has 0 saturated heterocycles. The van der Waals surface area contributed by atoms with E-state index < -0.39 is 24.5 Å². The van der Waals surface area contributed by atoms with Gasteiger partial charge in [-0.25, -0.2) is 9.59 Å². The highest BCUT2D eigenvalue weighted by atomic mass is 32.1. The van der Waals surface area contributed by atoms with Crippen LogP contribution < -0.4 is 11.1 Å². The zero-order valence-electron chi connectivity index (χ0n) is 20.2. The summed E-state index contributed by atoms with van der Waals surface area (Å²) in [5.41, 5.74) is 7.46. The molecular formula is C26H32N2O5S. The second kappa shape index (κ2) is 15.2. The SMILES string of the molecule is CC.CC.CCOC(=O)c1cc(-c2ccccc2)sc1NC(=O)COC(=O)c1cccc(N)c1. The van der Waals surface area contributed by atoms with Gasteiger partial charge in [-0.3, -0.25) is 4.79 Å². The smallest absolute Gasteiger partial charge is 0.341 e. The van der Waals surface area contributed by atoms with Crippen molar-refractivity contribution in [3.8, 4) is 10.4 Å². The van der Waals surface area contributed by atoms with Gasteiger partial charge in [-0.2, -0.15) is 0 Å². The molecule has 0 radical (unpaired) electrons. The number of thiophene rings is 1. The Morgan fingerprint density at radius 1 is 0.882 bits per heavy atom. The van der Waals surface area contributed by atoms with Gasteiger partial charge in [-0.15, -0.1) is 11.3 Å². The number of rotatable bonds is 7. The average Bonchev–Trinajstić information content (AvgIpc) is 3.29.